The number of quaternary nitrogens is 1. The van der Waals surface area contributed by atoms with Gasteiger partial charge < -0.3 is 16.6 Å². The average molecular weight is 417 g/mol. The summed E-state index contributed by atoms with van der Waals surface area (Å²) in [6.45, 7) is 2.36. The van der Waals surface area contributed by atoms with Gasteiger partial charge in [0, 0.05) is 30.0 Å². The third-order valence-electron chi connectivity index (χ3n) is 5.96. The molecule has 5 N–H and O–H groups in total. The fraction of sp³-hybridized carbons (Fsp3) is 0.364. The number of carbonyl (C=O) groups is 2. The number of nitrogens with zero attached hydrogens (tertiary/aromatic N) is 1. The molecule has 29 heavy (non-hydrogen) atoms. The zero-order chi connectivity index (χ0) is 21.2. The van der Waals surface area contributed by atoms with Crippen molar-refractivity contribution in [2.24, 2.45) is 11.5 Å². The van der Waals surface area contributed by atoms with Crippen LogP contribution in [-0.4, -0.2) is 34.0 Å². The Morgan fingerprint density at radius 2 is 1.90 bits per heavy atom. The molecule has 0 radical (unpaired) electrons. The molecule has 0 aromatic heterocycles. The molecule has 1 aliphatic rings. The lowest BCUT2D eigenvalue weighted by Gasteiger charge is -2.40. The summed E-state index contributed by atoms with van der Waals surface area (Å²) in [4.78, 5) is 26.2. The van der Waals surface area contributed by atoms with Crippen molar-refractivity contribution in [1.29, 1.82) is 0 Å². The number of nitrogens with two attached hydrogens (primary N) is 2. The van der Waals surface area contributed by atoms with Crippen LogP contribution in [0.15, 0.2) is 48.5 Å². The van der Waals surface area contributed by atoms with Gasteiger partial charge in [-0.25, -0.2) is 9.28 Å². The first-order chi connectivity index (χ1) is 13.7. The van der Waals surface area contributed by atoms with Gasteiger partial charge in [-0.1, -0.05) is 48.0 Å². The summed E-state index contributed by atoms with van der Waals surface area (Å²) in [7, 11) is 0. The minimum Gasteiger partial charge on any atom is -0.372 e. The summed E-state index contributed by atoms with van der Waals surface area (Å²) >= 11 is 6.20. The Hall–Kier alpha value is -2.25. The molecule has 3 rings (SSSR count). The Morgan fingerprint density at radius 3 is 2.52 bits per heavy atom. The van der Waals surface area contributed by atoms with Gasteiger partial charge in [0.1, 0.15) is 6.54 Å². The van der Waals surface area contributed by atoms with Crippen LogP contribution >= 0.6 is 11.6 Å². The standard InChI is InChI=1S/C22H26ClN3O3/c1-22(29,17-6-3-2-4-7-17)21(28)26(11-5-8-19(26)20(25)27)14-16-12-18(23)10-9-15(16)13-24/h2-4,6-7,9-10,12,19,29H,5,8,11,13-14,24H2,1H3,(H-,25,27)/p+1/t19-,22-,26?/m0/s1. The van der Waals surface area contributed by atoms with Crippen molar-refractivity contribution >= 4 is 23.4 Å². The molecule has 2 amide bonds. The number of rotatable bonds is 6. The minimum absolute atomic E-state index is 0.197. The van der Waals surface area contributed by atoms with E-state index in [1.807, 2.05) is 12.1 Å². The fourth-order valence-electron chi connectivity index (χ4n) is 4.42. The van der Waals surface area contributed by atoms with Crippen molar-refractivity contribution < 1.29 is 19.2 Å². The molecule has 2 aromatic rings. The molecule has 0 saturated carbocycles. The van der Waals surface area contributed by atoms with Gasteiger partial charge in [-0.05, 0) is 30.2 Å². The van der Waals surface area contributed by atoms with Crippen LogP contribution in [0.2, 0.25) is 5.02 Å². The van der Waals surface area contributed by atoms with Gasteiger partial charge in [0.25, 0.3) is 5.91 Å². The van der Waals surface area contributed by atoms with Gasteiger partial charge in [-0.2, -0.15) is 0 Å². The van der Waals surface area contributed by atoms with E-state index in [0.717, 1.165) is 11.1 Å². The van der Waals surface area contributed by atoms with E-state index in [2.05, 4.69) is 0 Å². The third kappa shape index (κ3) is 3.94. The van der Waals surface area contributed by atoms with E-state index in [1.54, 1.807) is 36.4 Å². The van der Waals surface area contributed by atoms with Gasteiger partial charge in [0.15, 0.2) is 6.04 Å². The maximum atomic E-state index is 13.8. The second kappa shape index (κ2) is 8.24. The Kier molecular flexibility index (Phi) is 6.10. The molecule has 3 atom stereocenters. The summed E-state index contributed by atoms with van der Waals surface area (Å²) < 4.78 is -0.245. The second-order valence-electron chi connectivity index (χ2n) is 7.84. The van der Waals surface area contributed by atoms with Crippen molar-refractivity contribution in [3.63, 3.8) is 0 Å². The molecule has 7 heteroatoms. The first-order valence-corrected chi connectivity index (χ1v) is 10.1. The quantitative estimate of drug-likeness (QED) is 0.627. The zero-order valence-corrected chi connectivity index (χ0v) is 17.2. The Balaban J connectivity index is 2.12. The van der Waals surface area contributed by atoms with Crippen molar-refractivity contribution in [3.8, 4) is 0 Å². The number of hydrogen-bond donors (Lipinski definition) is 3. The van der Waals surface area contributed by atoms with Crippen molar-refractivity contribution in [3.05, 3.63) is 70.2 Å². The summed E-state index contributed by atoms with van der Waals surface area (Å²) in [6, 6.07) is 13.4. The summed E-state index contributed by atoms with van der Waals surface area (Å²) in [6.07, 6.45) is 1.15. The van der Waals surface area contributed by atoms with Crippen LogP contribution in [0.5, 0.6) is 0 Å². The molecular formula is C22H27ClN3O3+. The Morgan fingerprint density at radius 1 is 1.21 bits per heavy atom. The molecule has 1 aliphatic heterocycles. The van der Waals surface area contributed by atoms with Crippen molar-refractivity contribution in [1.82, 2.24) is 0 Å². The molecular weight excluding hydrogens is 390 g/mol. The van der Waals surface area contributed by atoms with E-state index in [-0.39, 0.29) is 17.6 Å². The summed E-state index contributed by atoms with van der Waals surface area (Å²) in [5, 5.41) is 11.8. The smallest absolute Gasteiger partial charge is 0.350 e. The van der Waals surface area contributed by atoms with Crippen LogP contribution in [-0.2, 0) is 28.3 Å². The summed E-state index contributed by atoms with van der Waals surface area (Å²) in [5.74, 6) is -0.996. The number of halogens is 1. The minimum atomic E-state index is -1.78. The number of aliphatic hydroxyl groups is 1. The Bertz CT molecular complexity index is 917. The second-order valence-corrected chi connectivity index (χ2v) is 8.27. The average Bonchev–Trinajstić information content (AvgIpc) is 3.13. The lowest BCUT2D eigenvalue weighted by Crippen LogP contribution is -2.64. The lowest BCUT2D eigenvalue weighted by atomic mass is 9.91. The monoisotopic (exact) mass is 416 g/mol. The predicted octanol–water partition coefficient (Wildman–Crippen LogP) is 2.20. The number of hydrogen-bond acceptors (Lipinski definition) is 4. The maximum absolute atomic E-state index is 13.8. The Labute approximate surface area is 175 Å². The van der Waals surface area contributed by atoms with Crippen LogP contribution in [0.3, 0.4) is 0 Å². The van der Waals surface area contributed by atoms with Crippen LogP contribution in [0.1, 0.15) is 36.5 Å². The van der Waals surface area contributed by atoms with Crippen molar-refractivity contribution in [2.75, 3.05) is 6.54 Å². The van der Waals surface area contributed by atoms with Gasteiger partial charge in [-0.15, -0.1) is 0 Å². The first kappa shape index (κ1) is 21.5. The van der Waals surface area contributed by atoms with Crippen LogP contribution in [0, 0.1) is 0 Å². The van der Waals surface area contributed by atoms with Gasteiger partial charge in [0.05, 0.1) is 6.54 Å². The van der Waals surface area contributed by atoms with E-state index >= 15 is 0 Å². The van der Waals surface area contributed by atoms with E-state index < -0.39 is 23.5 Å². The van der Waals surface area contributed by atoms with E-state index in [9.17, 15) is 14.7 Å². The van der Waals surface area contributed by atoms with Crippen LogP contribution in [0.25, 0.3) is 0 Å². The van der Waals surface area contributed by atoms with E-state index in [1.165, 1.54) is 6.92 Å². The molecule has 1 unspecified atom stereocenters. The predicted molar refractivity (Wildman–Crippen MR) is 111 cm³/mol. The highest BCUT2D eigenvalue weighted by Gasteiger charge is 2.57. The highest BCUT2D eigenvalue weighted by molar-refractivity contribution is 6.30. The van der Waals surface area contributed by atoms with Gasteiger partial charge >= 0.3 is 5.91 Å². The van der Waals surface area contributed by atoms with Crippen LogP contribution in [0.4, 0.5) is 0 Å². The number of carbonyl (C=O) groups excluding carboxylic acids is 2. The van der Waals surface area contributed by atoms with E-state index in [0.29, 0.717) is 30.0 Å². The first-order valence-electron chi connectivity index (χ1n) is 9.68. The highest BCUT2D eigenvalue weighted by atomic mass is 35.5. The highest BCUT2D eigenvalue weighted by Crippen LogP contribution is 2.37. The van der Waals surface area contributed by atoms with Crippen LogP contribution < -0.4 is 11.5 Å². The topological polar surface area (TPSA) is 106 Å². The number of benzene rings is 2. The van der Waals surface area contributed by atoms with E-state index in [4.69, 9.17) is 23.1 Å². The number of primary amides is 1. The maximum Gasteiger partial charge on any atom is 0.350 e. The normalized spacial score (nSPS) is 23.5. The molecule has 1 saturated heterocycles. The molecule has 2 aromatic carbocycles. The fourth-order valence-corrected chi connectivity index (χ4v) is 4.62. The largest absolute Gasteiger partial charge is 0.372 e. The molecule has 1 heterocycles. The molecule has 154 valence electrons. The van der Waals surface area contributed by atoms with Crippen molar-refractivity contribution in [2.45, 2.75) is 44.5 Å². The van der Waals surface area contributed by atoms with Gasteiger partial charge in [0.2, 0.25) is 5.60 Å². The molecule has 0 bridgehead atoms. The molecule has 1 fully saturated rings. The third-order valence-corrected chi connectivity index (χ3v) is 6.19. The SMILES string of the molecule is C[C@@](O)(C(=O)[N+]1(Cc2cc(Cl)ccc2CN)CCC[C@H]1C(N)=O)c1ccccc1. The molecule has 6 nitrogen and oxygen atoms in total. The molecule has 0 aliphatic carbocycles. The zero-order valence-electron chi connectivity index (χ0n) is 16.5. The van der Waals surface area contributed by atoms with Gasteiger partial charge in [-0.3, -0.25) is 4.79 Å². The summed E-state index contributed by atoms with van der Waals surface area (Å²) in [5.41, 5.74) is 11.9. The molecule has 0 spiro atoms. The lowest BCUT2D eigenvalue weighted by molar-refractivity contribution is -0.874. The number of amides is 2. The number of likely N-dealkylation sites (tertiary alicyclic amines) is 1.